The molecule has 1 saturated carbocycles. The molecule has 4 nitrogen and oxygen atoms in total. The molecule has 1 fully saturated rings. The molecule has 0 aliphatic heterocycles. The monoisotopic (exact) mass is 356 g/mol. The molecule has 0 heterocycles. The highest BCUT2D eigenvalue weighted by molar-refractivity contribution is 7.86. The lowest BCUT2D eigenvalue weighted by Gasteiger charge is -2.30. The lowest BCUT2D eigenvalue weighted by atomic mass is 10.2. The van der Waals surface area contributed by atoms with Gasteiger partial charge in [-0.15, -0.1) is 0 Å². The molecule has 136 valence electrons. The van der Waals surface area contributed by atoms with E-state index in [0.29, 0.717) is 19.6 Å². The van der Waals surface area contributed by atoms with E-state index < -0.39 is 10.2 Å². The maximum absolute atomic E-state index is 13.2. The van der Waals surface area contributed by atoms with Crippen LogP contribution in [0.5, 0.6) is 0 Å². The van der Waals surface area contributed by atoms with E-state index in [1.54, 1.807) is 20.7 Å². The highest BCUT2D eigenvalue weighted by Crippen LogP contribution is 2.32. The number of hydrogen-bond donors (Lipinski definition) is 0. The maximum Gasteiger partial charge on any atom is 0.282 e. The van der Waals surface area contributed by atoms with Gasteiger partial charge in [-0.2, -0.15) is 17.0 Å². The zero-order chi connectivity index (χ0) is 17.6. The molecule has 6 heteroatoms. The van der Waals surface area contributed by atoms with Crippen molar-refractivity contribution in [2.45, 2.75) is 65.0 Å². The Morgan fingerprint density at radius 1 is 1.04 bits per heavy atom. The van der Waals surface area contributed by atoms with Crippen molar-refractivity contribution in [3.05, 3.63) is 35.6 Å². The predicted molar refractivity (Wildman–Crippen MR) is 95.3 cm³/mol. The molecule has 24 heavy (non-hydrogen) atoms. The third-order valence-electron chi connectivity index (χ3n) is 4.35. The minimum absolute atomic E-state index is 0.0887. The van der Waals surface area contributed by atoms with Crippen LogP contribution in [-0.4, -0.2) is 36.2 Å². The summed E-state index contributed by atoms with van der Waals surface area (Å²) in [6.07, 6.45) is 5.51. The lowest BCUT2D eigenvalue weighted by Crippen LogP contribution is -2.45. The van der Waals surface area contributed by atoms with E-state index in [1.165, 1.54) is 12.1 Å². The fraction of sp³-hybridized carbons (Fsp3) is 0.667. The summed E-state index contributed by atoms with van der Waals surface area (Å²) < 4.78 is 42.7. The molecule has 1 aromatic carbocycles. The second-order valence-corrected chi connectivity index (χ2v) is 8.40. The van der Waals surface area contributed by atoms with E-state index in [1.807, 2.05) is 0 Å². The molecule has 0 atom stereocenters. The van der Waals surface area contributed by atoms with Crippen LogP contribution in [0.4, 0.5) is 4.39 Å². The summed E-state index contributed by atoms with van der Waals surface area (Å²) >= 11 is 0. The van der Waals surface area contributed by atoms with E-state index in [-0.39, 0.29) is 11.9 Å². The molecule has 0 bridgehead atoms. The molecule has 0 unspecified atom stereocenters. The first-order valence-corrected chi connectivity index (χ1v) is 10.4. The van der Waals surface area contributed by atoms with Crippen molar-refractivity contribution in [2.24, 2.45) is 0 Å². The fourth-order valence-corrected chi connectivity index (χ4v) is 4.61. The van der Waals surface area contributed by atoms with E-state index in [2.05, 4.69) is 13.8 Å². The Balaban J connectivity index is 2.17. The van der Waals surface area contributed by atoms with E-state index in [9.17, 15) is 12.8 Å². The van der Waals surface area contributed by atoms with Crippen molar-refractivity contribution in [1.29, 1.82) is 0 Å². The highest BCUT2D eigenvalue weighted by Gasteiger charge is 2.40. The number of nitrogens with zero attached hydrogens (tertiary/aromatic N) is 2. The molecule has 0 N–H and O–H groups in total. The molecule has 0 aromatic heterocycles. The SMILES string of the molecule is CCCCN(CCCC)S(=O)(=O)N(Cc1ccc(F)cc1)C1CC1. The first-order chi connectivity index (χ1) is 11.5. The zero-order valence-electron chi connectivity index (χ0n) is 14.7. The molecule has 1 aromatic rings. The van der Waals surface area contributed by atoms with Gasteiger partial charge in [0.1, 0.15) is 5.82 Å². The van der Waals surface area contributed by atoms with Gasteiger partial charge in [-0.1, -0.05) is 38.8 Å². The van der Waals surface area contributed by atoms with Crippen molar-refractivity contribution in [3.63, 3.8) is 0 Å². The molecule has 0 amide bonds. The van der Waals surface area contributed by atoms with Gasteiger partial charge in [0.2, 0.25) is 0 Å². The molecule has 1 aliphatic carbocycles. The zero-order valence-corrected chi connectivity index (χ0v) is 15.6. The summed E-state index contributed by atoms with van der Waals surface area (Å²) in [6.45, 7) is 5.61. The largest absolute Gasteiger partial charge is 0.282 e. The Hall–Kier alpha value is -0.980. The Labute approximate surface area is 145 Å². The topological polar surface area (TPSA) is 40.6 Å². The second-order valence-electron chi connectivity index (χ2n) is 6.52. The standard InChI is InChI=1S/C18H29FN2O2S/c1-3-5-13-20(14-6-4-2)24(22,23)21(18-11-12-18)15-16-7-9-17(19)10-8-16/h7-10,18H,3-6,11-15H2,1-2H3. The van der Waals surface area contributed by atoms with E-state index in [0.717, 1.165) is 44.1 Å². The van der Waals surface area contributed by atoms with Crippen LogP contribution in [0.25, 0.3) is 0 Å². The van der Waals surface area contributed by atoms with Gasteiger partial charge in [0.25, 0.3) is 10.2 Å². The van der Waals surface area contributed by atoms with Gasteiger partial charge in [-0.3, -0.25) is 0 Å². The summed E-state index contributed by atoms with van der Waals surface area (Å²) in [4.78, 5) is 0. The summed E-state index contributed by atoms with van der Waals surface area (Å²) in [6, 6.07) is 6.20. The van der Waals surface area contributed by atoms with Gasteiger partial charge in [-0.25, -0.2) is 4.39 Å². The van der Waals surface area contributed by atoms with Crippen LogP contribution in [0.15, 0.2) is 24.3 Å². The van der Waals surface area contributed by atoms with Gasteiger partial charge in [0.15, 0.2) is 0 Å². The van der Waals surface area contributed by atoms with Gasteiger partial charge >= 0.3 is 0 Å². The van der Waals surface area contributed by atoms with Crippen molar-refractivity contribution in [1.82, 2.24) is 8.61 Å². The van der Waals surface area contributed by atoms with Gasteiger partial charge in [0, 0.05) is 25.7 Å². The third-order valence-corrected chi connectivity index (χ3v) is 6.39. The summed E-state index contributed by atoms with van der Waals surface area (Å²) in [7, 11) is -3.48. The Morgan fingerprint density at radius 3 is 2.04 bits per heavy atom. The second kappa shape index (κ2) is 8.92. The normalized spacial score (nSPS) is 15.4. The van der Waals surface area contributed by atoms with Gasteiger partial charge in [0.05, 0.1) is 0 Å². The van der Waals surface area contributed by atoms with Gasteiger partial charge < -0.3 is 0 Å². The number of halogens is 1. The first kappa shape index (κ1) is 19.3. The minimum atomic E-state index is -3.48. The molecular formula is C18H29FN2O2S. The minimum Gasteiger partial charge on any atom is -0.207 e. The van der Waals surface area contributed by atoms with Crippen LogP contribution in [0.2, 0.25) is 0 Å². The van der Waals surface area contributed by atoms with Crippen molar-refractivity contribution < 1.29 is 12.8 Å². The van der Waals surface area contributed by atoms with E-state index in [4.69, 9.17) is 0 Å². The number of benzene rings is 1. The summed E-state index contributed by atoms with van der Waals surface area (Å²) in [5.74, 6) is -0.299. The van der Waals surface area contributed by atoms with Crippen molar-refractivity contribution >= 4 is 10.2 Å². The molecule has 1 aliphatic rings. The molecule has 0 spiro atoms. The Bertz CT molecular complexity index is 592. The maximum atomic E-state index is 13.2. The van der Waals surface area contributed by atoms with Crippen LogP contribution >= 0.6 is 0 Å². The third kappa shape index (κ3) is 5.26. The first-order valence-electron chi connectivity index (χ1n) is 9.00. The van der Waals surface area contributed by atoms with Crippen LogP contribution in [0.3, 0.4) is 0 Å². The fourth-order valence-electron chi connectivity index (χ4n) is 2.69. The van der Waals surface area contributed by atoms with Crippen molar-refractivity contribution in [2.75, 3.05) is 13.1 Å². The number of rotatable bonds is 11. The van der Waals surface area contributed by atoms with Crippen LogP contribution in [0, 0.1) is 5.82 Å². The smallest absolute Gasteiger partial charge is 0.207 e. The van der Waals surface area contributed by atoms with Crippen LogP contribution < -0.4 is 0 Å². The molecule has 0 saturated heterocycles. The average molecular weight is 357 g/mol. The number of unbranched alkanes of at least 4 members (excludes halogenated alkanes) is 2. The predicted octanol–water partition coefficient (Wildman–Crippen LogP) is 3.94. The quantitative estimate of drug-likeness (QED) is 0.603. The summed E-state index contributed by atoms with van der Waals surface area (Å²) in [5, 5.41) is 0. The van der Waals surface area contributed by atoms with E-state index >= 15 is 0 Å². The summed E-state index contributed by atoms with van der Waals surface area (Å²) in [5.41, 5.74) is 0.831. The van der Waals surface area contributed by atoms with Crippen LogP contribution in [0.1, 0.15) is 57.9 Å². The molecule has 0 radical (unpaired) electrons. The Morgan fingerprint density at radius 2 is 1.58 bits per heavy atom. The van der Waals surface area contributed by atoms with Crippen molar-refractivity contribution in [3.8, 4) is 0 Å². The number of hydrogen-bond acceptors (Lipinski definition) is 2. The molecular weight excluding hydrogens is 327 g/mol. The molecule has 2 rings (SSSR count). The lowest BCUT2D eigenvalue weighted by molar-refractivity contribution is 0.320. The highest BCUT2D eigenvalue weighted by atomic mass is 32.2. The van der Waals surface area contributed by atoms with Crippen LogP contribution in [-0.2, 0) is 16.8 Å². The average Bonchev–Trinajstić information content (AvgIpc) is 3.38. The Kier molecular flexibility index (Phi) is 7.19. The van der Waals surface area contributed by atoms with Gasteiger partial charge in [-0.05, 0) is 43.4 Å².